The fourth-order valence-electron chi connectivity index (χ4n) is 3.82. The molecule has 8 nitrogen and oxygen atoms in total. The van der Waals surface area contributed by atoms with Crippen LogP contribution in [0.15, 0.2) is 16.7 Å². The van der Waals surface area contributed by atoms with Gasteiger partial charge in [0.2, 0.25) is 11.7 Å². The predicted octanol–water partition coefficient (Wildman–Crippen LogP) is 2.16. The third-order valence-corrected chi connectivity index (χ3v) is 5.05. The number of rotatable bonds is 4. The largest absolute Gasteiger partial charge is 0.339 e. The van der Waals surface area contributed by atoms with E-state index in [4.69, 9.17) is 4.52 Å². The Labute approximate surface area is 151 Å². The van der Waals surface area contributed by atoms with Gasteiger partial charge in [0.25, 0.3) is 5.91 Å². The minimum absolute atomic E-state index is 0.129. The summed E-state index contributed by atoms with van der Waals surface area (Å²) in [6.45, 7) is 4.12. The Hall–Kier alpha value is -2.77. The zero-order valence-electron chi connectivity index (χ0n) is 14.9. The van der Waals surface area contributed by atoms with Crippen molar-refractivity contribution in [2.45, 2.75) is 51.5 Å². The van der Waals surface area contributed by atoms with Crippen LogP contribution in [0.3, 0.4) is 0 Å². The molecule has 2 aromatic rings. The molecule has 0 radical (unpaired) electrons. The lowest BCUT2D eigenvalue weighted by Gasteiger charge is -2.19. The zero-order valence-corrected chi connectivity index (χ0v) is 14.9. The molecule has 8 heteroatoms. The molecular weight excluding hydrogens is 334 g/mol. The van der Waals surface area contributed by atoms with Crippen LogP contribution in [0.1, 0.15) is 42.8 Å². The van der Waals surface area contributed by atoms with Crippen molar-refractivity contribution in [1.29, 1.82) is 0 Å². The number of hydrogen-bond acceptors (Lipinski definition) is 6. The van der Waals surface area contributed by atoms with Gasteiger partial charge in [0.1, 0.15) is 11.2 Å². The van der Waals surface area contributed by atoms with E-state index in [0.717, 1.165) is 36.9 Å². The van der Waals surface area contributed by atoms with Gasteiger partial charge in [-0.2, -0.15) is 4.98 Å². The Morgan fingerprint density at radius 3 is 2.69 bits per heavy atom. The van der Waals surface area contributed by atoms with Gasteiger partial charge in [0.05, 0.1) is 0 Å². The smallest absolute Gasteiger partial charge is 0.325 e. The number of pyridine rings is 1. The van der Waals surface area contributed by atoms with Gasteiger partial charge in [0.15, 0.2) is 0 Å². The summed E-state index contributed by atoms with van der Waals surface area (Å²) in [5.41, 5.74) is 1.92. The van der Waals surface area contributed by atoms with Crippen LogP contribution in [-0.4, -0.2) is 44.0 Å². The van der Waals surface area contributed by atoms with Crippen LogP contribution in [0.2, 0.25) is 0 Å². The Morgan fingerprint density at radius 2 is 1.96 bits per heavy atom. The first-order chi connectivity index (χ1) is 12.5. The number of amides is 3. The van der Waals surface area contributed by atoms with E-state index in [9.17, 15) is 9.59 Å². The molecule has 0 aromatic carbocycles. The molecule has 0 unspecified atom stereocenters. The van der Waals surface area contributed by atoms with E-state index in [1.165, 1.54) is 4.90 Å². The molecule has 1 aliphatic heterocycles. The highest BCUT2D eigenvalue weighted by atomic mass is 16.5. The lowest BCUT2D eigenvalue weighted by molar-refractivity contribution is -0.131. The summed E-state index contributed by atoms with van der Waals surface area (Å²) in [6, 6.07) is 3.54. The first-order valence-corrected chi connectivity index (χ1v) is 8.89. The van der Waals surface area contributed by atoms with Gasteiger partial charge in [-0.1, -0.05) is 18.0 Å². The summed E-state index contributed by atoms with van der Waals surface area (Å²) in [5.74, 6) is 0.668. The van der Waals surface area contributed by atoms with Crippen molar-refractivity contribution >= 4 is 11.9 Å². The van der Waals surface area contributed by atoms with E-state index in [0.29, 0.717) is 23.8 Å². The highest BCUT2D eigenvalue weighted by Crippen LogP contribution is 2.35. The molecule has 136 valence electrons. The standard InChI is InChI=1S/C18H21N5O3/c1-11-9-12(2)19-13(10-11)15-20-14(26-22-15)5-8-23-16(24)18(21-17(23)25)6-3-4-7-18/h9-10H,3-8H2,1-2H3,(H,21,25). The van der Waals surface area contributed by atoms with E-state index in [2.05, 4.69) is 20.4 Å². The highest BCUT2D eigenvalue weighted by molar-refractivity contribution is 6.07. The number of carbonyl (C=O) groups excluding carboxylic acids is 2. The molecule has 3 heterocycles. The molecule has 2 aliphatic rings. The Morgan fingerprint density at radius 1 is 1.19 bits per heavy atom. The van der Waals surface area contributed by atoms with Gasteiger partial charge >= 0.3 is 6.03 Å². The van der Waals surface area contributed by atoms with Gasteiger partial charge in [-0.05, 0) is 44.4 Å². The predicted molar refractivity (Wildman–Crippen MR) is 92.2 cm³/mol. The number of urea groups is 1. The number of imide groups is 1. The molecule has 1 saturated carbocycles. The number of aromatic nitrogens is 3. The average molecular weight is 355 g/mol. The third kappa shape index (κ3) is 2.85. The number of nitrogens with zero attached hydrogens (tertiary/aromatic N) is 4. The number of aryl methyl sites for hydroxylation is 2. The maximum atomic E-state index is 12.6. The van der Waals surface area contributed by atoms with Crippen LogP contribution in [-0.2, 0) is 11.2 Å². The van der Waals surface area contributed by atoms with Crippen molar-refractivity contribution in [3.05, 3.63) is 29.3 Å². The van der Waals surface area contributed by atoms with Crippen LogP contribution in [0, 0.1) is 13.8 Å². The van der Waals surface area contributed by atoms with E-state index in [1.807, 2.05) is 26.0 Å². The highest BCUT2D eigenvalue weighted by Gasteiger charge is 2.52. The summed E-state index contributed by atoms with van der Waals surface area (Å²) in [6.07, 6.45) is 3.70. The molecule has 1 aliphatic carbocycles. The summed E-state index contributed by atoms with van der Waals surface area (Å²) in [7, 11) is 0. The van der Waals surface area contributed by atoms with Gasteiger partial charge < -0.3 is 9.84 Å². The number of carbonyl (C=O) groups is 2. The Bertz CT molecular complexity index is 849. The van der Waals surface area contributed by atoms with Crippen molar-refractivity contribution in [2.75, 3.05) is 6.54 Å². The van der Waals surface area contributed by atoms with Crippen LogP contribution in [0.25, 0.3) is 11.5 Å². The topological polar surface area (TPSA) is 101 Å². The zero-order chi connectivity index (χ0) is 18.3. The molecule has 4 rings (SSSR count). The molecule has 2 aromatic heterocycles. The SMILES string of the molecule is Cc1cc(C)nc(-c2noc(CCN3C(=O)NC4(CCCC4)C3=O)n2)c1. The summed E-state index contributed by atoms with van der Waals surface area (Å²) in [5, 5.41) is 6.84. The van der Waals surface area contributed by atoms with Crippen LogP contribution in [0.5, 0.6) is 0 Å². The van der Waals surface area contributed by atoms with Crippen molar-refractivity contribution in [3.63, 3.8) is 0 Å². The molecule has 1 spiro atoms. The molecule has 26 heavy (non-hydrogen) atoms. The van der Waals surface area contributed by atoms with Crippen molar-refractivity contribution < 1.29 is 14.1 Å². The lowest BCUT2D eigenvalue weighted by Crippen LogP contribution is -2.44. The monoisotopic (exact) mass is 355 g/mol. The van der Waals surface area contributed by atoms with Crippen LogP contribution < -0.4 is 5.32 Å². The van der Waals surface area contributed by atoms with Gasteiger partial charge in [0, 0.05) is 18.7 Å². The quantitative estimate of drug-likeness (QED) is 0.843. The third-order valence-electron chi connectivity index (χ3n) is 5.05. The molecule has 1 N–H and O–H groups in total. The summed E-state index contributed by atoms with van der Waals surface area (Å²) >= 11 is 0. The van der Waals surface area contributed by atoms with Crippen molar-refractivity contribution in [2.24, 2.45) is 0 Å². The molecule has 0 bridgehead atoms. The maximum absolute atomic E-state index is 12.6. The summed E-state index contributed by atoms with van der Waals surface area (Å²) < 4.78 is 5.28. The van der Waals surface area contributed by atoms with Crippen molar-refractivity contribution in [3.8, 4) is 11.5 Å². The van der Waals surface area contributed by atoms with Gasteiger partial charge in [-0.25, -0.2) is 9.78 Å². The summed E-state index contributed by atoms with van der Waals surface area (Å²) in [4.78, 5) is 34.8. The van der Waals surface area contributed by atoms with Crippen LogP contribution in [0.4, 0.5) is 4.79 Å². The van der Waals surface area contributed by atoms with Gasteiger partial charge in [-0.3, -0.25) is 9.69 Å². The Balaban J connectivity index is 1.45. The minimum Gasteiger partial charge on any atom is -0.339 e. The molecule has 2 fully saturated rings. The second-order valence-corrected chi connectivity index (χ2v) is 7.11. The second-order valence-electron chi connectivity index (χ2n) is 7.11. The molecule has 3 amide bonds. The first kappa shape index (κ1) is 16.7. The Kier molecular flexibility index (Phi) is 3.97. The van der Waals surface area contributed by atoms with E-state index >= 15 is 0 Å². The van der Waals surface area contributed by atoms with Gasteiger partial charge in [-0.15, -0.1) is 0 Å². The normalized spacial score (nSPS) is 18.8. The van der Waals surface area contributed by atoms with E-state index in [-0.39, 0.29) is 18.5 Å². The van der Waals surface area contributed by atoms with Crippen molar-refractivity contribution in [1.82, 2.24) is 25.3 Å². The number of hydrogen-bond donors (Lipinski definition) is 1. The van der Waals surface area contributed by atoms with E-state index < -0.39 is 5.54 Å². The number of nitrogens with one attached hydrogen (secondary N) is 1. The first-order valence-electron chi connectivity index (χ1n) is 8.89. The lowest BCUT2D eigenvalue weighted by atomic mass is 9.98. The second kappa shape index (κ2) is 6.19. The van der Waals surface area contributed by atoms with E-state index in [1.54, 1.807) is 0 Å². The molecular formula is C18H21N5O3. The fourth-order valence-corrected chi connectivity index (χ4v) is 3.82. The minimum atomic E-state index is -0.680. The molecule has 0 atom stereocenters. The average Bonchev–Trinajstić information content (AvgIpc) is 3.28. The van der Waals surface area contributed by atoms with Crippen LogP contribution >= 0.6 is 0 Å². The maximum Gasteiger partial charge on any atom is 0.325 e. The fraction of sp³-hybridized carbons (Fsp3) is 0.500. The molecule has 1 saturated heterocycles.